The zero-order valence-electron chi connectivity index (χ0n) is 47.9. The normalized spacial score (nSPS) is 13.2. The molecule has 0 heterocycles. The fourth-order valence-corrected chi connectivity index (χ4v) is 10.6. The zero-order valence-corrected chi connectivity index (χ0v) is 47.9. The summed E-state index contributed by atoms with van der Waals surface area (Å²) in [4.78, 5) is 12.6. The fourth-order valence-electron chi connectivity index (χ4n) is 10.6. The number of unbranched alkanes of at least 4 members (excludes halogenated alkanes) is 51. The van der Waals surface area contributed by atoms with E-state index in [0.717, 1.165) is 32.1 Å². The van der Waals surface area contributed by atoms with Gasteiger partial charge in [-0.05, 0) is 38.5 Å². The van der Waals surface area contributed by atoms with Crippen molar-refractivity contribution in [2.75, 3.05) is 6.61 Å². The third-order valence-corrected chi connectivity index (χ3v) is 15.6. The molecule has 0 rings (SSSR count). The molecule has 0 bridgehead atoms. The van der Waals surface area contributed by atoms with E-state index in [2.05, 4.69) is 31.3 Å². The maximum Gasteiger partial charge on any atom is 0.249 e. The minimum Gasteiger partial charge on any atom is -0.394 e. The van der Waals surface area contributed by atoms with Crippen LogP contribution in [0, 0.1) is 0 Å². The number of rotatable bonds is 61. The maximum absolute atomic E-state index is 12.6. The van der Waals surface area contributed by atoms with E-state index in [1.54, 1.807) is 0 Å². The Morgan fingerprint density at radius 2 is 0.543 bits per heavy atom. The molecule has 1 amide bonds. The minimum atomic E-state index is -1.07. The van der Waals surface area contributed by atoms with Crippen LogP contribution in [0.3, 0.4) is 0 Å². The van der Waals surface area contributed by atoms with Gasteiger partial charge >= 0.3 is 0 Å². The predicted octanol–water partition coefficient (Wildman–Crippen LogP) is 20.6. The zero-order chi connectivity index (χ0) is 50.7. The summed E-state index contributed by atoms with van der Waals surface area (Å²) in [5, 5.41) is 33.6. The van der Waals surface area contributed by atoms with E-state index in [-0.39, 0.29) is 6.61 Å². The monoisotopic (exact) mass is 988 g/mol. The minimum absolute atomic E-state index is 0.309. The number of carbonyl (C=O) groups excluding carboxylic acids is 1. The maximum atomic E-state index is 12.6. The van der Waals surface area contributed by atoms with Crippen molar-refractivity contribution >= 4 is 5.91 Å². The summed E-state index contributed by atoms with van der Waals surface area (Å²) < 4.78 is 0. The summed E-state index contributed by atoms with van der Waals surface area (Å²) in [6.45, 7) is 4.28. The molecule has 0 radical (unpaired) electrons. The topological polar surface area (TPSA) is 89.8 Å². The second-order valence-electron chi connectivity index (χ2n) is 22.7. The first-order valence-corrected chi connectivity index (χ1v) is 32.5. The van der Waals surface area contributed by atoms with Crippen LogP contribution in [0.15, 0.2) is 12.2 Å². The highest BCUT2D eigenvalue weighted by atomic mass is 16.3. The van der Waals surface area contributed by atoms with Crippen LogP contribution in [-0.2, 0) is 4.79 Å². The van der Waals surface area contributed by atoms with Gasteiger partial charge in [-0.1, -0.05) is 347 Å². The number of nitrogens with one attached hydrogen (secondary N) is 1. The Morgan fingerprint density at radius 3 is 0.786 bits per heavy atom. The predicted molar refractivity (Wildman–Crippen MR) is 310 cm³/mol. The molecule has 3 unspecified atom stereocenters. The van der Waals surface area contributed by atoms with Crippen molar-refractivity contribution in [2.24, 2.45) is 0 Å². The Kier molecular flexibility index (Phi) is 59.9. The van der Waals surface area contributed by atoms with Crippen LogP contribution < -0.4 is 5.32 Å². The van der Waals surface area contributed by atoms with Gasteiger partial charge in [-0.3, -0.25) is 4.79 Å². The Morgan fingerprint density at radius 1 is 0.329 bits per heavy atom. The van der Waals surface area contributed by atoms with Crippen molar-refractivity contribution in [3.63, 3.8) is 0 Å². The molecule has 0 aliphatic carbocycles. The van der Waals surface area contributed by atoms with Crippen LogP contribution in [0.25, 0.3) is 0 Å². The highest BCUT2D eigenvalue weighted by Crippen LogP contribution is 2.19. The third kappa shape index (κ3) is 54.9. The average molecular weight is 989 g/mol. The lowest BCUT2D eigenvalue weighted by molar-refractivity contribution is -0.131. The standard InChI is InChI=1S/C65H129NO4/c1-3-5-7-9-11-13-15-17-19-21-23-25-26-27-28-29-30-31-32-33-34-35-36-37-38-39-40-42-44-46-48-50-52-54-56-58-60-64(69)65(70)66-62(61-67)63(68)59-57-55-53-51-49-47-45-43-41-24-22-20-18-16-14-12-10-8-6-4-2/h31-32,62-64,67-69H,3-30,33-61H2,1-2H3,(H,66,70)/b32-31-. The van der Waals surface area contributed by atoms with Gasteiger partial charge in [-0.2, -0.15) is 0 Å². The Hall–Kier alpha value is -0.910. The van der Waals surface area contributed by atoms with Crippen molar-refractivity contribution in [2.45, 2.75) is 392 Å². The highest BCUT2D eigenvalue weighted by Gasteiger charge is 2.23. The van der Waals surface area contributed by atoms with Crippen molar-refractivity contribution in [1.82, 2.24) is 5.32 Å². The summed E-state index contributed by atoms with van der Waals surface area (Å²) in [5.74, 6) is -0.462. The van der Waals surface area contributed by atoms with Gasteiger partial charge in [0.25, 0.3) is 0 Å². The number of hydrogen-bond donors (Lipinski definition) is 4. The molecule has 0 aliphatic heterocycles. The van der Waals surface area contributed by atoms with Crippen LogP contribution in [0.5, 0.6) is 0 Å². The molecular formula is C65H129NO4. The number of allylic oxidation sites excluding steroid dienone is 2. The molecule has 0 aromatic carbocycles. The summed E-state index contributed by atoms with van der Waals surface area (Å²) >= 11 is 0. The van der Waals surface area contributed by atoms with E-state index in [1.165, 1.54) is 315 Å². The first-order valence-electron chi connectivity index (χ1n) is 32.5. The second-order valence-corrected chi connectivity index (χ2v) is 22.7. The summed E-state index contributed by atoms with van der Waals surface area (Å²) in [7, 11) is 0. The van der Waals surface area contributed by atoms with Crippen LogP contribution in [0.2, 0.25) is 0 Å². The molecule has 0 aliphatic rings. The van der Waals surface area contributed by atoms with Gasteiger partial charge in [0.2, 0.25) is 5.91 Å². The lowest BCUT2D eigenvalue weighted by Gasteiger charge is -2.23. The lowest BCUT2D eigenvalue weighted by atomic mass is 10.0. The van der Waals surface area contributed by atoms with E-state index < -0.39 is 24.2 Å². The molecule has 0 spiro atoms. The van der Waals surface area contributed by atoms with Crippen LogP contribution in [-0.4, -0.2) is 46.1 Å². The smallest absolute Gasteiger partial charge is 0.249 e. The van der Waals surface area contributed by atoms with E-state index in [9.17, 15) is 20.1 Å². The molecule has 418 valence electrons. The van der Waals surface area contributed by atoms with Gasteiger partial charge in [0.05, 0.1) is 18.8 Å². The summed E-state index contributed by atoms with van der Waals surface area (Å²) in [5.41, 5.74) is 0. The molecule has 4 N–H and O–H groups in total. The quantitative estimate of drug-likeness (QED) is 0.0361. The number of hydrogen-bond acceptors (Lipinski definition) is 4. The number of aliphatic hydroxyl groups excluding tert-OH is 3. The first-order chi connectivity index (χ1) is 34.6. The van der Waals surface area contributed by atoms with Crippen LogP contribution in [0.1, 0.15) is 373 Å². The average Bonchev–Trinajstić information content (AvgIpc) is 3.36. The molecule has 0 aromatic heterocycles. The van der Waals surface area contributed by atoms with Crippen molar-refractivity contribution < 1.29 is 20.1 Å². The Balaban J connectivity index is 3.44. The van der Waals surface area contributed by atoms with Crippen LogP contribution >= 0.6 is 0 Å². The second kappa shape index (κ2) is 60.6. The van der Waals surface area contributed by atoms with Gasteiger partial charge in [0, 0.05) is 0 Å². The van der Waals surface area contributed by atoms with Crippen molar-refractivity contribution in [3.8, 4) is 0 Å². The Bertz CT molecular complexity index is 1000. The molecule has 0 aromatic rings. The summed E-state index contributed by atoms with van der Waals surface area (Å²) in [6, 6.07) is -0.710. The van der Waals surface area contributed by atoms with Gasteiger partial charge in [0.1, 0.15) is 6.10 Å². The van der Waals surface area contributed by atoms with E-state index >= 15 is 0 Å². The van der Waals surface area contributed by atoms with Crippen molar-refractivity contribution in [1.29, 1.82) is 0 Å². The molecule has 0 saturated carbocycles. The SMILES string of the molecule is CCCCCCCCCCCCCCCCCC/C=C\CCCCCCCCCCCCCCCCCCC(O)C(=O)NC(CO)C(O)CCCCCCCCCCCCCCCCCCCCCC. The number of carbonyl (C=O) groups is 1. The molecular weight excluding hydrogens is 859 g/mol. The largest absolute Gasteiger partial charge is 0.394 e. The molecule has 0 fully saturated rings. The van der Waals surface area contributed by atoms with Gasteiger partial charge < -0.3 is 20.6 Å². The van der Waals surface area contributed by atoms with Gasteiger partial charge in [-0.15, -0.1) is 0 Å². The third-order valence-electron chi connectivity index (χ3n) is 15.6. The lowest BCUT2D eigenvalue weighted by Crippen LogP contribution is -2.49. The molecule has 0 saturated heterocycles. The number of aliphatic hydroxyl groups is 3. The molecule has 3 atom stereocenters. The van der Waals surface area contributed by atoms with E-state index in [1.807, 2.05) is 0 Å². The Labute approximate surface area is 440 Å². The number of amides is 1. The first kappa shape index (κ1) is 69.1. The fraction of sp³-hybridized carbons (Fsp3) is 0.954. The van der Waals surface area contributed by atoms with Crippen LogP contribution in [0.4, 0.5) is 0 Å². The van der Waals surface area contributed by atoms with Gasteiger partial charge in [-0.25, -0.2) is 0 Å². The van der Waals surface area contributed by atoms with E-state index in [4.69, 9.17) is 0 Å². The highest BCUT2D eigenvalue weighted by molar-refractivity contribution is 5.80. The summed E-state index contributed by atoms with van der Waals surface area (Å²) in [6.07, 6.45) is 77.3. The molecule has 5 nitrogen and oxygen atoms in total. The molecule has 70 heavy (non-hydrogen) atoms. The van der Waals surface area contributed by atoms with E-state index in [0.29, 0.717) is 12.8 Å². The molecule has 5 heteroatoms. The van der Waals surface area contributed by atoms with Crippen molar-refractivity contribution in [3.05, 3.63) is 12.2 Å². The van der Waals surface area contributed by atoms with Gasteiger partial charge in [0.15, 0.2) is 0 Å².